The van der Waals surface area contributed by atoms with Crippen LogP contribution in [-0.4, -0.2) is 39.2 Å². The first-order chi connectivity index (χ1) is 10.5. The van der Waals surface area contributed by atoms with E-state index in [2.05, 4.69) is 10.1 Å². The highest BCUT2D eigenvalue weighted by Gasteiger charge is 2.27. The summed E-state index contributed by atoms with van der Waals surface area (Å²) in [6.45, 7) is 3.56. The zero-order chi connectivity index (χ0) is 17.9. The molecule has 0 aliphatic heterocycles. The van der Waals surface area contributed by atoms with Gasteiger partial charge >= 0.3 is 5.97 Å². The van der Waals surface area contributed by atoms with Crippen molar-refractivity contribution < 1.29 is 22.7 Å². The second-order valence-corrected chi connectivity index (χ2v) is 8.02. The van der Waals surface area contributed by atoms with E-state index in [9.17, 15) is 18.0 Å². The van der Waals surface area contributed by atoms with Gasteiger partial charge in [-0.25, -0.2) is 13.2 Å². The average Bonchev–Trinajstić information content (AvgIpc) is 2.44. The Kier molecular flexibility index (Phi) is 6.44. The maximum atomic E-state index is 12.4. The molecule has 1 rings (SSSR count). The standard InChI is InChI=1S/C14H17Cl2NO5S/c1-7(2)12(16)17-13(18)10-9(23(4,20)21)6-5-8(11(10)15)14(19)22-3/h5-7,12H,1-4H3,(H,17,18). The Hall–Kier alpha value is -1.31. The van der Waals surface area contributed by atoms with Crippen molar-refractivity contribution in [3.63, 3.8) is 0 Å². The molecule has 1 aromatic rings. The molecular weight excluding hydrogens is 365 g/mol. The van der Waals surface area contributed by atoms with Gasteiger partial charge < -0.3 is 10.1 Å². The van der Waals surface area contributed by atoms with Gasteiger partial charge in [0.2, 0.25) is 0 Å². The SMILES string of the molecule is COC(=O)c1ccc(S(C)(=O)=O)c(C(=O)NC(Cl)C(C)C)c1Cl. The third kappa shape index (κ3) is 4.59. The fourth-order valence-corrected chi connectivity index (χ4v) is 3.07. The molecule has 1 amide bonds. The summed E-state index contributed by atoms with van der Waals surface area (Å²) in [6, 6.07) is 2.34. The monoisotopic (exact) mass is 381 g/mol. The number of amides is 1. The normalized spacial score (nSPS) is 12.8. The van der Waals surface area contributed by atoms with Gasteiger partial charge in [-0.05, 0) is 18.1 Å². The number of carbonyl (C=O) groups excluding carboxylic acids is 2. The molecule has 0 radical (unpaired) electrons. The highest BCUT2D eigenvalue weighted by atomic mass is 35.5. The number of halogens is 2. The summed E-state index contributed by atoms with van der Waals surface area (Å²) < 4.78 is 28.4. The number of ether oxygens (including phenoxy) is 1. The maximum Gasteiger partial charge on any atom is 0.339 e. The number of nitrogens with one attached hydrogen (secondary N) is 1. The number of rotatable bonds is 5. The van der Waals surface area contributed by atoms with E-state index in [4.69, 9.17) is 23.2 Å². The lowest BCUT2D eigenvalue weighted by Crippen LogP contribution is -2.35. The van der Waals surface area contributed by atoms with Crippen molar-refractivity contribution in [2.45, 2.75) is 24.2 Å². The third-order valence-corrected chi connectivity index (χ3v) is 5.13. The van der Waals surface area contributed by atoms with E-state index in [1.165, 1.54) is 6.07 Å². The maximum absolute atomic E-state index is 12.4. The molecule has 1 N–H and O–H groups in total. The molecule has 0 spiro atoms. The molecule has 0 heterocycles. The smallest absolute Gasteiger partial charge is 0.339 e. The predicted molar refractivity (Wildman–Crippen MR) is 87.8 cm³/mol. The molecule has 0 aliphatic rings. The molecule has 6 nitrogen and oxygen atoms in total. The van der Waals surface area contributed by atoms with E-state index in [1.807, 2.05) is 0 Å². The van der Waals surface area contributed by atoms with Gasteiger partial charge in [0.15, 0.2) is 9.84 Å². The summed E-state index contributed by atoms with van der Waals surface area (Å²) in [4.78, 5) is 23.8. The Bertz CT molecular complexity index is 731. The molecule has 0 aromatic heterocycles. The van der Waals surface area contributed by atoms with E-state index in [0.717, 1.165) is 19.4 Å². The van der Waals surface area contributed by atoms with Crippen LogP contribution in [-0.2, 0) is 14.6 Å². The summed E-state index contributed by atoms with van der Waals surface area (Å²) in [5, 5.41) is 2.16. The van der Waals surface area contributed by atoms with Gasteiger partial charge in [0.1, 0.15) is 5.50 Å². The van der Waals surface area contributed by atoms with Crippen molar-refractivity contribution in [1.82, 2.24) is 5.32 Å². The van der Waals surface area contributed by atoms with Crippen LogP contribution in [0.15, 0.2) is 17.0 Å². The Labute approximate surface area is 145 Å². The van der Waals surface area contributed by atoms with Gasteiger partial charge in [0.25, 0.3) is 5.91 Å². The summed E-state index contributed by atoms with van der Waals surface area (Å²) in [7, 11) is -2.60. The van der Waals surface area contributed by atoms with E-state index in [0.29, 0.717) is 0 Å². The summed E-state index contributed by atoms with van der Waals surface area (Å²) >= 11 is 12.1. The summed E-state index contributed by atoms with van der Waals surface area (Å²) in [5.41, 5.74) is -1.17. The predicted octanol–water partition coefficient (Wildman–Crippen LogP) is 2.48. The van der Waals surface area contributed by atoms with Gasteiger partial charge in [-0.3, -0.25) is 4.79 Å². The van der Waals surface area contributed by atoms with Crippen molar-refractivity contribution in [3.05, 3.63) is 28.3 Å². The number of hydrogen-bond donors (Lipinski definition) is 1. The quantitative estimate of drug-likeness (QED) is 0.480. The molecule has 128 valence electrons. The van der Waals surface area contributed by atoms with Crippen LogP contribution >= 0.6 is 23.2 Å². The van der Waals surface area contributed by atoms with E-state index in [1.54, 1.807) is 13.8 Å². The number of alkyl halides is 1. The van der Waals surface area contributed by atoms with Crippen molar-refractivity contribution in [2.75, 3.05) is 13.4 Å². The number of benzene rings is 1. The van der Waals surface area contributed by atoms with Crippen LogP contribution in [0.1, 0.15) is 34.6 Å². The minimum Gasteiger partial charge on any atom is -0.465 e. The van der Waals surface area contributed by atoms with E-state index >= 15 is 0 Å². The van der Waals surface area contributed by atoms with Crippen LogP contribution in [0.5, 0.6) is 0 Å². The lowest BCUT2D eigenvalue weighted by atomic mass is 10.1. The Morgan fingerprint density at radius 3 is 2.26 bits per heavy atom. The van der Waals surface area contributed by atoms with Crippen molar-refractivity contribution >= 4 is 44.9 Å². The molecule has 0 saturated carbocycles. The van der Waals surface area contributed by atoms with E-state index in [-0.39, 0.29) is 27.0 Å². The third-order valence-electron chi connectivity index (χ3n) is 2.99. The Morgan fingerprint density at radius 2 is 1.83 bits per heavy atom. The van der Waals surface area contributed by atoms with Crippen LogP contribution in [0.3, 0.4) is 0 Å². The minimum absolute atomic E-state index is 0.0927. The number of hydrogen-bond acceptors (Lipinski definition) is 5. The second kappa shape index (κ2) is 7.51. The van der Waals surface area contributed by atoms with Gasteiger partial charge in [-0.1, -0.05) is 37.0 Å². The fourth-order valence-electron chi connectivity index (χ4n) is 1.71. The first kappa shape index (κ1) is 19.7. The molecule has 1 aromatic carbocycles. The van der Waals surface area contributed by atoms with Crippen molar-refractivity contribution in [2.24, 2.45) is 5.92 Å². The number of carbonyl (C=O) groups is 2. The van der Waals surface area contributed by atoms with Crippen LogP contribution in [0.4, 0.5) is 0 Å². The lowest BCUT2D eigenvalue weighted by molar-refractivity contribution is 0.0601. The van der Waals surface area contributed by atoms with Gasteiger partial charge in [-0.2, -0.15) is 0 Å². The average molecular weight is 382 g/mol. The molecule has 0 bridgehead atoms. The first-order valence-corrected chi connectivity index (χ1v) is 9.27. The minimum atomic E-state index is -3.75. The molecule has 1 atom stereocenters. The second-order valence-electron chi connectivity index (χ2n) is 5.18. The van der Waals surface area contributed by atoms with Crippen LogP contribution in [0.25, 0.3) is 0 Å². The van der Waals surface area contributed by atoms with Crippen LogP contribution in [0.2, 0.25) is 5.02 Å². The number of sulfone groups is 1. The van der Waals surface area contributed by atoms with Gasteiger partial charge in [0, 0.05) is 6.26 Å². The van der Waals surface area contributed by atoms with Crippen molar-refractivity contribution in [3.8, 4) is 0 Å². The van der Waals surface area contributed by atoms with Gasteiger partial charge in [-0.15, -0.1) is 0 Å². The zero-order valence-electron chi connectivity index (χ0n) is 13.0. The highest BCUT2D eigenvalue weighted by Crippen LogP contribution is 2.29. The first-order valence-electron chi connectivity index (χ1n) is 6.56. The molecule has 23 heavy (non-hydrogen) atoms. The van der Waals surface area contributed by atoms with Gasteiger partial charge in [0.05, 0.1) is 28.2 Å². The van der Waals surface area contributed by atoms with Crippen LogP contribution < -0.4 is 5.32 Å². The topological polar surface area (TPSA) is 89.5 Å². The molecule has 0 saturated heterocycles. The Morgan fingerprint density at radius 1 is 1.26 bits per heavy atom. The highest BCUT2D eigenvalue weighted by molar-refractivity contribution is 7.90. The molecule has 9 heteroatoms. The van der Waals surface area contributed by atoms with E-state index < -0.39 is 27.2 Å². The Balaban J connectivity index is 3.52. The van der Waals surface area contributed by atoms with Crippen LogP contribution in [0, 0.1) is 5.92 Å². The zero-order valence-corrected chi connectivity index (χ0v) is 15.3. The van der Waals surface area contributed by atoms with Crippen molar-refractivity contribution in [1.29, 1.82) is 0 Å². The molecule has 1 unspecified atom stereocenters. The molecule has 0 aliphatic carbocycles. The molecule has 0 fully saturated rings. The summed E-state index contributed by atoms with van der Waals surface area (Å²) in [6.07, 6.45) is 0.938. The lowest BCUT2D eigenvalue weighted by Gasteiger charge is -2.18. The largest absolute Gasteiger partial charge is 0.465 e. The molecular formula is C14H17Cl2NO5S. The summed E-state index contributed by atoms with van der Waals surface area (Å²) in [5.74, 6) is -1.66. The number of esters is 1. The number of methoxy groups -OCH3 is 1. The fraction of sp³-hybridized carbons (Fsp3) is 0.429.